The zero-order valence-electron chi connectivity index (χ0n) is 15.7. The molecule has 2 N–H and O–H groups in total. The van der Waals surface area contributed by atoms with Gasteiger partial charge in [-0.1, -0.05) is 30.2 Å². The smallest absolute Gasteiger partial charge is 0.243 e. The van der Waals surface area contributed by atoms with Crippen molar-refractivity contribution in [1.29, 1.82) is 0 Å². The van der Waals surface area contributed by atoms with E-state index in [2.05, 4.69) is 10.6 Å². The topological polar surface area (TPSA) is 78.5 Å². The van der Waals surface area contributed by atoms with Crippen LogP contribution in [-0.4, -0.2) is 38.3 Å². The third-order valence-electron chi connectivity index (χ3n) is 4.63. The van der Waals surface area contributed by atoms with Crippen LogP contribution in [0, 0.1) is 6.92 Å². The second kappa shape index (κ2) is 8.94. The number of carbonyl (C=O) groups is 1. The molecule has 0 atom stereocenters. The number of carbonyl (C=O) groups excluding carboxylic acids is 1. The van der Waals surface area contributed by atoms with Crippen LogP contribution in [0.4, 0.5) is 11.4 Å². The predicted octanol–water partition coefficient (Wildman–Crippen LogP) is 3.87. The van der Waals surface area contributed by atoms with Crippen LogP contribution in [0.25, 0.3) is 0 Å². The van der Waals surface area contributed by atoms with E-state index in [0.29, 0.717) is 29.5 Å². The van der Waals surface area contributed by atoms with Crippen LogP contribution < -0.4 is 10.6 Å². The summed E-state index contributed by atoms with van der Waals surface area (Å²) in [6.45, 7) is 3.04. The fourth-order valence-corrected chi connectivity index (χ4v) is 5.00. The summed E-state index contributed by atoms with van der Waals surface area (Å²) < 4.78 is 27.1. The molecule has 2 aromatic carbocycles. The molecule has 0 unspecified atom stereocenters. The molecule has 0 spiro atoms. The maximum atomic E-state index is 12.8. The van der Waals surface area contributed by atoms with E-state index >= 15 is 0 Å². The van der Waals surface area contributed by atoms with Gasteiger partial charge >= 0.3 is 0 Å². The highest BCUT2D eigenvalue weighted by Crippen LogP contribution is 2.24. The second-order valence-corrected chi connectivity index (χ2v) is 9.22. The van der Waals surface area contributed by atoms with Gasteiger partial charge in [0.2, 0.25) is 15.9 Å². The number of nitrogens with one attached hydrogen (secondary N) is 2. The third kappa shape index (κ3) is 5.04. The van der Waals surface area contributed by atoms with Crippen LogP contribution in [0.5, 0.6) is 0 Å². The average molecular weight is 422 g/mol. The lowest BCUT2D eigenvalue weighted by Gasteiger charge is -2.26. The molecule has 0 aliphatic carbocycles. The minimum absolute atomic E-state index is 0.0197. The van der Waals surface area contributed by atoms with Gasteiger partial charge in [-0.15, -0.1) is 0 Å². The number of halogens is 1. The first kappa shape index (κ1) is 20.6. The molecule has 0 saturated carbocycles. The van der Waals surface area contributed by atoms with E-state index in [1.165, 1.54) is 10.4 Å². The number of hydrogen-bond acceptors (Lipinski definition) is 4. The largest absolute Gasteiger partial charge is 0.375 e. The lowest BCUT2D eigenvalue weighted by atomic mass is 10.2. The van der Waals surface area contributed by atoms with E-state index in [0.717, 1.165) is 24.8 Å². The van der Waals surface area contributed by atoms with Crippen molar-refractivity contribution in [3.8, 4) is 0 Å². The Hall–Kier alpha value is -2.09. The molecule has 0 bridgehead atoms. The number of amides is 1. The molecular formula is C20H24ClN3O3S. The van der Waals surface area contributed by atoms with Gasteiger partial charge in [0.05, 0.1) is 22.2 Å². The Bertz CT molecular complexity index is 957. The van der Waals surface area contributed by atoms with Gasteiger partial charge in [0.25, 0.3) is 0 Å². The van der Waals surface area contributed by atoms with Gasteiger partial charge in [-0.05, 0) is 55.7 Å². The number of benzene rings is 2. The summed E-state index contributed by atoms with van der Waals surface area (Å²) in [5, 5.41) is 6.26. The Morgan fingerprint density at radius 3 is 2.57 bits per heavy atom. The highest BCUT2D eigenvalue weighted by atomic mass is 35.5. The Kier molecular flexibility index (Phi) is 6.59. The van der Waals surface area contributed by atoms with Crippen molar-refractivity contribution in [2.75, 3.05) is 30.3 Å². The summed E-state index contributed by atoms with van der Waals surface area (Å²) >= 11 is 6.15. The standard InChI is InChI=1S/C20H24ClN3O3S/c1-15-8-9-19(18(21)12-15)22-14-20(25)23-16-6-5-7-17(13-16)28(26,27)24-10-3-2-4-11-24/h5-9,12-13,22H,2-4,10-11,14H2,1H3,(H,23,25). The first-order chi connectivity index (χ1) is 13.4. The number of aryl methyl sites for hydroxylation is 1. The lowest BCUT2D eigenvalue weighted by Crippen LogP contribution is -2.35. The first-order valence-electron chi connectivity index (χ1n) is 9.26. The minimum Gasteiger partial charge on any atom is -0.375 e. The van der Waals surface area contributed by atoms with E-state index in [4.69, 9.17) is 11.6 Å². The molecule has 3 rings (SSSR count). The minimum atomic E-state index is -3.54. The summed E-state index contributed by atoms with van der Waals surface area (Å²) in [6.07, 6.45) is 2.81. The summed E-state index contributed by atoms with van der Waals surface area (Å²) in [5.74, 6) is -0.288. The Morgan fingerprint density at radius 2 is 1.86 bits per heavy atom. The molecule has 8 heteroatoms. The molecular weight excluding hydrogens is 398 g/mol. The van der Waals surface area contributed by atoms with Crippen LogP contribution in [0.2, 0.25) is 5.02 Å². The molecule has 0 radical (unpaired) electrons. The summed E-state index contributed by atoms with van der Waals surface area (Å²) in [6, 6.07) is 11.9. The van der Waals surface area contributed by atoms with Crippen LogP contribution in [0.3, 0.4) is 0 Å². The molecule has 1 fully saturated rings. The Labute approximate surface area is 170 Å². The van der Waals surface area contributed by atoms with Gasteiger partial charge in [-0.3, -0.25) is 4.79 Å². The van der Waals surface area contributed by atoms with Gasteiger partial charge in [-0.25, -0.2) is 8.42 Å². The van der Waals surface area contributed by atoms with E-state index in [1.807, 2.05) is 25.1 Å². The zero-order chi connectivity index (χ0) is 20.1. The second-order valence-electron chi connectivity index (χ2n) is 6.88. The van der Waals surface area contributed by atoms with Crippen molar-refractivity contribution in [1.82, 2.24) is 4.31 Å². The summed E-state index contributed by atoms with van der Waals surface area (Å²) in [7, 11) is -3.54. The number of hydrogen-bond donors (Lipinski definition) is 2. The molecule has 1 aliphatic rings. The van der Waals surface area contributed by atoms with E-state index < -0.39 is 10.0 Å². The Morgan fingerprint density at radius 1 is 1.11 bits per heavy atom. The molecule has 28 heavy (non-hydrogen) atoms. The van der Waals surface area contributed by atoms with E-state index in [9.17, 15) is 13.2 Å². The zero-order valence-corrected chi connectivity index (χ0v) is 17.3. The number of anilines is 2. The molecule has 150 valence electrons. The van der Waals surface area contributed by atoms with Gasteiger partial charge in [-0.2, -0.15) is 4.31 Å². The highest BCUT2D eigenvalue weighted by molar-refractivity contribution is 7.89. The fourth-order valence-electron chi connectivity index (χ4n) is 3.13. The quantitative estimate of drug-likeness (QED) is 0.742. The highest BCUT2D eigenvalue weighted by Gasteiger charge is 2.26. The van der Waals surface area contributed by atoms with Gasteiger partial charge in [0, 0.05) is 18.8 Å². The summed E-state index contributed by atoms with van der Waals surface area (Å²) in [5.41, 5.74) is 2.15. The number of nitrogens with zero attached hydrogens (tertiary/aromatic N) is 1. The van der Waals surface area contributed by atoms with Crippen LogP contribution in [-0.2, 0) is 14.8 Å². The van der Waals surface area contributed by atoms with Crippen molar-refractivity contribution in [3.05, 3.63) is 53.1 Å². The third-order valence-corrected chi connectivity index (χ3v) is 6.84. The van der Waals surface area contributed by atoms with E-state index in [-0.39, 0.29) is 17.3 Å². The number of rotatable bonds is 6. The molecule has 1 heterocycles. The van der Waals surface area contributed by atoms with E-state index in [1.54, 1.807) is 18.2 Å². The summed E-state index contributed by atoms with van der Waals surface area (Å²) in [4.78, 5) is 12.4. The van der Waals surface area contributed by atoms with Crippen molar-refractivity contribution >= 4 is 38.9 Å². The first-order valence-corrected chi connectivity index (χ1v) is 11.1. The molecule has 1 saturated heterocycles. The van der Waals surface area contributed by atoms with Crippen molar-refractivity contribution in [2.24, 2.45) is 0 Å². The number of sulfonamides is 1. The lowest BCUT2D eigenvalue weighted by molar-refractivity contribution is -0.114. The molecule has 1 amide bonds. The van der Waals surface area contributed by atoms with Crippen LogP contribution >= 0.6 is 11.6 Å². The maximum Gasteiger partial charge on any atom is 0.243 e. The fraction of sp³-hybridized carbons (Fsp3) is 0.350. The van der Waals surface area contributed by atoms with Gasteiger partial charge < -0.3 is 10.6 Å². The van der Waals surface area contributed by atoms with Crippen LogP contribution in [0.1, 0.15) is 24.8 Å². The molecule has 6 nitrogen and oxygen atoms in total. The molecule has 1 aliphatic heterocycles. The SMILES string of the molecule is Cc1ccc(NCC(=O)Nc2cccc(S(=O)(=O)N3CCCCC3)c2)c(Cl)c1. The predicted molar refractivity (Wildman–Crippen MR) is 112 cm³/mol. The Balaban J connectivity index is 1.64. The van der Waals surface area contributed by atoms with Gasteiger partial charge in [0.1, 0.15) is 0 Å². The monoisotopic (exact) mass is 421 g/mol. The average Bonchev–Trinajstić information content (AvgIpc) is 2.68. The van der Waals surface area contributed by atoms with Crippen molar-refractivity contribution in [2.45, 2.75) is 31.1 Å². The molecule has 0 aromatic heterocycles. The van der Waals surface area contributed by atoms with Crippen molar-refractivity contribution in [3.63, 3.8) is 0 Å². The maximum absolute atomic E-state index is 12.8. The number of piperidine rings is 1. The van der Waals surface area contributed by atoms with Crippen LogP contribution in [0.15, 0.2) is 47.4 Å². The van der Waals surface area contributed by atoms with Crippen molar-refractivity contribution < 1.29 is 13.2 Å². The normalized spacial score (nSPS) is 15.2. The molecule has 2 aromatic rings. The van der Waals surface area contributed by atoms with Gasteiger partial charge in [0.15, 0.2) is 0 Å².